The third-order valence-electron chi connectivity index (χ3n) is 2.68. The highest BCUT2D eigenvalue weighted by atomic mass is 35.6. The van der Waals surface area contributed by atoms with Gasteiger partial charge in [-0.2, -0.15) is 0 Å². The Labute approximate surface area is 147 Å². The zero-order valence-electron chi connectivity index (χ0n) is 11.1. The number of halogens is 4. The van der Waals surface area contributed by atoms with E-state index in [-0.39, 0.29) is 5.56 Å². The molecule has 0 radical (unpaired) electrons. The van der Waals surface area contributed by atoms with Crippen molar-refractivity contribution in [1.82, 2.24) is 10.3 Å². The Morgan fingerprint density at radius 2 is 1.77 bits per heavy atom. The molecule has 22 heavy (non-hydrogen) atoms. The van der Waals surface area contributed by atoms with E-state index in [4.69, 9.17) is 46.4 Å². The molecule has 0 spiro atoms. The van der Waals surface area contributed by atoms with Gasteiger partial charge in [0, 0.05) is 6.20 Å². The maximum absolute atomic E-state index is 12.3. The Hall–Kier alpha value is -1.20. The van der Waals surface area contributed by atoms with Crippen LogP contribution in [-0.4, -0.2) is 20.8 Å². The maximum Gasteiger partial charge on any atom is 0.254 e. The van der Waals surface area contributed by atoms with Crippen molar-refractivity contribution in [2.75, 3.05) is 5.32 Å². The molecule has 0 aliphatic rings. The van der Waals surface area contributed by atoms with Crippen molar-refractivity contribution in [2.24, 2.45) is 0 Å². The van der Waals surface area contributed by atoms with Crippen molar-refractivity contribution in [1.29, 1.82) is 0 Å². The highest BCUT2D eigenvalue weighted by Gasteiger charge is 2.34. The van der Waals surface area contributed by atoms with Crippen LogP contribution in [0.15, 0.2) is 48.7 Å². The first-order valence-corrected chi connectivity index (χ1v) is 7.69. The summed E-state index contributed by atoms with van der Waals surface area (Å²) in [7, 11) is 0. The molecule has 2 N–H and O–H groups in total. The first-order valence-electron chi connectivity index (χ1n) is 6.17. The average molecular weight is 379 g/mol. The normalized spacial score (nSPS) is 12.5. The van der Waals surface area contributed by atoms with Crippen LogP contribution in [0.5, 0.6) is 0 Å². The number of aromatic nitrogens is 1. The molecular formula is C14H11Cl4N3O. The molecule has 1 aromatic heterocycles. The van der Waals surface area contributed by atoms with Crippen LogP contribution in [0.25, 0.3) is 0 Å². The SMILES string of the molecule is O=C(N[C@@H](Nc1ccccn1)C(Cl)(Cl)Cl)c1ccccc1Cl. The fraction of sp³-hybridized carbons (Fsp3) is 0.143. The summed E-state index contributed by atoms with van der Waals surface area (Å²) in [5.74, 6) is -0.0105. The molecule has 0 aliphatic carbocycles. The van der Waals surface area contributed by atoms with Crippen LogP contribution in [0.3, 0.4) is 0 Å². The number of hydrogen-bond donors (Lipinski definition) is 2. The van der Waals surface area contributed by atoms with Crippen LogP contribution in [0.1, 0.15) is 10.4 Å². The number of anilines is 1. The predicted molar refractivity (Wildman–Crippen MR) is 90.9 cm³/mol. The van der Waals surface area contributed by atoms with Crippen LogP contribution >= 0.6 is 46.4 Å². The molecule has 2 rings (SSSR count). The lowest BCUT2D eigenvalue weighted by Crippen LogP contribution is -2.49. The van der Waals surface area contributed by atoms with Gasteiger partial charge in [-0.1, -0.05) is 64.6 Å². The summed E-state index contributed by atoms with van der Waals surface area (Å²) in [6.45, 7) is 0. The number of alkyl halides is 3. The van der Waals surface area contributed by atoms with Gasteiger partial charge >= 0.3 is 0 Å². The first kappa shape index (κ1) is 17.2. The van der Waals surface area contributed by atoms with Crippen LogP contribution in [0.2, 0.25) is 5.02 Å². The molecule has 0 saturated carbocycles. The lowest BCUT2D eigenvalue weighted by atomic mass is 10.2. The fourth-order valence-corrected chi connectivity index (χ4v) is 2.20. The summed E-state index contributed by atoms with van der Waals surface area (Å²) in [6, 6.07) is 11.8. The van der Waals surface area contributed by atoms with E-state index in [1.54, 1.807) is 48.7 Å². The van der Waals surface area contributed by atoms with Crippen molar-refractivity contribution in [3.63, 3.8) is 0 Å². The molecule has 0 aliphatic heterocycles. The molecule has 0 unspecified atom stereocenters. The van der Waals surface area contributed by atoms with E-state index in [1.165, 1.54) is 0 Å². The summed E-state index contributed by atoms with van der Waals surface area (Å²) in [5.41, 5.74) is 0.284. The Morgan fingerprint density at radius 3 is 2.36 bits per heavy atom. The summed E-state index contributed by atoms with van der Waals surface area (Å²) in [6.07, 6.45) is 0.587. The van der Waals surface area contributed by atoms with E-state index in [9.17, 15) is 4.79 Å². The zero-order valence-corrected chi connectivity index (χ0v) is 14.1. The minimum Gasteiger partial charge on any atom is -0.347 e. The number of amides is 1. The van der Waals surface area contributed by atoms with Gasteiger partial charge in [0.25, 0.3) is 5.91 Å². The van der Waals surface area contributed by atoms with Crippen molar-refractivity contribution in [3.8, 4) is 0 Å². The van der Waals surface area contributed by atoms with Gasteiger partial charge in [-0.05, 0) is 24.3 Å². The number of carbonyl (C=O) groups excluding carboxylic acids is 1. The van der Waals surface area contributed by atoms with E-state index < -0.39 is 15.9 Å². The van der Waals surface area contributed by atoms with Gasteiger partial charge in [0.2, 0.25) is 3.79 Å². The zero-order chi connectivity index (χ0) is 16.2. The lowest BCUT2D eigenvalue weighted by molar-refractivity contribution is 0.0942. The topological polar surface area (TPSA) is 54.0 Å². The van der Waals surface area contributed by atoms with E-state index in [1.807, 2.05) is 0 Å². The minimum atomic E-state index is -1.78. The second-order valence-corrected chi connectivity index (χ2v) is 7.06. The third-order valence-corrected chi connectivity index (χ3v) is 3.66. The van der Waals surface area contributed by atoms with Gasteiger partial charge in [-0.25, -0.2) is 4.98 Å². The molecule has 1 amide bonds. The monoisotopic (exact) mass is 377 g/mol. The number of nitrogens with one attached hydrogen (secondary N) is 2. The van der Waals surface area contributed by atoms with Gasteiger partial charge in [-0.15, -0.1) is 0 Å². The van der Waals surface area contributed by atoms with Crippen LogP contribution < -0.4 is 10.6 Å². The second kappa shape index (κ2) is 7.38. The van der Waals surface area contributed by atoms with Crippen LogP contribution in [0.4, 0.5) is 5.82 Å². The van der Waals surface area contributed by atoms with Gasteiger partial charge in [-0.3, -0.25) is 4.79 Å². The molecule has 1 atom stereocenters. The first-order chi connectivity index (χ1) is 10.4. The van der Waals surface area contributed by atoms with E-state index in [0.29, 0.717) is 10.8 Å². The number of rotatable bonds is 4. The second-order valence-electron chi connectivity index (χ2n) is 4.29. The maximum atomic E-state index is 12.3. The molecule has 0 saturated heterocycles. The minimum absolute atomic E-state index is 0.284. The average Bonchev–Trinajstić information content (AvgIpc) is 2.47. The molecule has 1 aromatic carbocycles. The Bertz CT molecular complexity index is 646. The largest absolute Gasteiger partial charge is 0.347 e. The highest BCUT2D eigenvalue weighted by Crippen LogP contribution is 2.31. The van der Waals surface area contributed by atoms with Gasteiger partial charge in [0.15, 0.2) is 0 Å². The van der Waals surface area contributed by atoms with Gasteiger partial charge in [0.1, 0.15) is 12.0 Å². The van der Waals surface area contributed by atoms with Gasteiger partial charge < -0.3 is 10.6 Å². The Balaban J connectivity index is 2.17. The Morgan fingerprint density at radius 1 is 1.09 bits per heavy atom. The summed E-state index contributed by atoms with van der Waals surface area (Å²) >= 11 is 23.7. The van der Waals surface area contributed by atoms with E-state index in [2.05, 4.69) is 15.6 Å². The third kappa shape index (κ3) is 4.65. The number of carbonyl (C=O) groups is 1. The summed E-state index contributed by atoms with van der Waals surface area (Å²) in [4.78, 5) is 16.3. The molecule has 4 nitrogen and oxygen atoms in total. The molecule has 1 heterocycles. The van der Waals surface area contributed by atoms with Crippen molar-refractivity contribution in [2.45, 2.75) is 9.96 Å². The molecule has 8 heteroatoms. The quantitative estimate of drug-likeness (QED) is 0.616. The predicted octanol–water partition coefficient (Wildman–Crippen LogP) is 4.27. The molecular weight excluding hydrogens is 368 g/mol. The Kier molecular flexibility index (Phi) is 5.75. The van der Waals surface area contributed by atoms with Crippen LogP contribution in [0, 0.1) is 0 Å². The van der Waals surface area contributed by atoms with Crippen LogP contribution in [-0.2, 0) is 0 Å². The van der Waals surface area contributed by atoms with Crippen molar-refractivity contribution >= 4 is 58.1 Å². The van der Waals surface area contributed by atoms with Gasteiger partial charge in [0.05, 0.1) is 10.6 Å². The number of nitrogens with zero attached hydrogens (tertiary/aromatic N) is 1. The molecule has 0 bridgehead atoms. The van der Waals surface area contributed by atoms with E-state index in [0.717, 1.165) is 0 Å². The number of pyridine rings is 1. The molecule has 0 fully saturated rings. The lowest BCUT2D eigenvalue weighted by Gasteiger charge is -2.27. The van der Waals surface area contributed by atoms with Crippen molar-refractivity contribution in [3.05, 3.63) is 59.2 Å². The van der Waals surface area contributed by atoms with E-state index >= 15 is 0 Å². The molecule has 116 valence electrons. The number of benzene rings is 1. The fourth-order valence-electron chi connectivity index (χ4n) is 1.65. The smallest absolute Gasteiger partial charge is 0.254 e. The number of hydrogen-bond acceptors (Lipinski definition) is 3. The highest BCUT2D eigenvalue weighted by molar-refractivity contribution is 6.68. The molecule has 2 aromatic rings. The summed E-state index contributed by atoms with van der Waals surface area (Å²) < 4.78 is -1.78. The van der Waals surface area contributed by atoms with Crippen molar-refractivity contribution < 1.29 is 4.79 Å². The summed E-state index contributed by atoms with van der Waals surface area (Å²) in [5, 5.41) is 5.76. The standard InChI is InChI=1S/C14H11Cl4N3O/c15-10-6-2-1-5-9(10)12(22)21-13(14(16,17)18)20-11-7-3-4-8-19-11/h1-8,13H,(H,19,20)(H,21,22)/t13-/m1/s1.